The fourth-order valence-corrected chi connectivity index (χ4v) is 12.1. The van der Waals surface area contributed by atoms with Crippen LogP contribution in [0.3, 0.4) is 0 Å². The molecule has 0 saturated heterocycles. The summed E-state index contributed by atoms with van der Waals surface area (Å²) in [6.45, 7) is 3.46. The van der Waals surface area contributed by atoms with Crippen molar-refractivity contribution in [3.8, 4) is 67.3 Å². The van der Waals surface area contributed by atoms with Gasteiger partial charge in [0.25, 0.3) is 0 Å². The van der Waals surface area contributed by atoms with Crippen molar-refractivity contribution >= 4 is 52.2 Å². The third-order valence-corrected chi connectivity index (χ3v) is 16.6. The highest BCUT2D eigenvalue weighted by Gasteiger charge is 2.13. The summed E-state index contributed by atoms with van der Waals surface area (Å²) < 4.78 is 1.67. The lowest BCUT2D eigenvalue weighted by Crippen LogP contribution is -2.26. The van der Waals surface area contributed by atoms with Crippen LogP contribution in [0.15, 0.2) is 166 Å². The van der Waals surface area contributed by atoms with Crippen LogP contribution >= 0.6 is 22.7 Å². The second-order valence-corrected chi connectivity index (χ2v) is 24.4. The van der Waals surface area contributed by atoms with Crippen molar-refractivity contribution in [3.05, 3.63) is 217 Å². The van der Waals surface area contributed by atoms with Crippen molar-refractivity contribution in [2.24, 2.45) is 72.3 Å². The van der Waals surface area contributed by atoms with E-state index < -0.39 is 0 Å². The molecular weight excluding hydrogens is 1230 g/mol. The van der Waals surface area contributed by atoms with Gasteiger partial charge in [0.2, 0.25) is 5.96 Å². The van der Waals surface area contributed by atoms with E-state index in [9.17, 15) is 0 Å². The first-order chi connectivity index (χ1) is 46.5. The van der Waals surface area contributed by atoms with E-state index in [0.29, 0.717) is 65.0 Å². The lowest BCUT2D eigenvalue weighted by molar-refractivity contribution is 0.852. The third kappa shape index (κ3) is 24.6. The minimum Gasteiger partial charge on any atom is -0.388 e. The zero-order valence-electron chi connectivity index (χ0n) is 54.9. The first-order valence-corrected chi connectivity index (χ1v) is 33.7. The molecule has 20 nitrogen and oxygen atoms in total. The van der Waals surface area contributed by atoms with Gasteiger partial charge in [-0.2, -0.15) is 5.10 Å². The largest absolute Gasteiger partial charge is 0.388 e. The van der Waals surface area contributed by atoms with E-state index in [1.54, 1.807) is 40.6 Å². The molecule has 0 bridgehead atoms. The summed E-state index contributed by atoms with van der Waals surface area (Å²) >= 11 is 3.23. The van der Waals surface area contributed by atoms with E-state index >= 15 is 0 Å². The van der Waals surface area contributed by atoms with Crippen LogP contribution in [-0.2, 0) is 51.4 Å². The van der Waals surface area contributed by atoms with Crippen LogP contribution < -0.4 is 62.7 Å². The van der Waals surface area contributed by atoms with Crippen molar-refractivity contribution in [2.75, 3.05) is 53.4 Å². The number of hydrogen-bond donors (Lipinski definition) is 13. The molecule has 23 N–H and O–H groups in total. The Hall–Kier alpha value is -10.3. The molecule has 0 aliphatic rings. The summed E-state index contributed by atoms with van der Waals surface area (Å²) in [6.07, 6.45) is 12.6. The minimum atomic E-state index is 0.0730. The first kappa shape index (κ1) is 73.1. The Morgan fingerprint density at radius 1 is 0.469 bits per heavy atom. The van der Waals surface area contributed by atoms with Gasteiger partial charge in [-0.25, -0.2) is 14.6 Å². The van der Waals surface area contributed by atoms with Crippen molar-refractivity contribution < 1.29 is 0 Å². The maximum atomic E-state index is 7.57. The first-order valence-electron chi connectivity index (χ1n) is 31.9. The van der Waals surface area contributed by atoms with E-state index in [1.807, 2.05) is 49.6 Å². The van der Waals surface area contributed by atoms with E-state index in [0.717, 1.165) is 145 Å². The third-order valence-electron chi connectivity index (χ3n) is 14.8. The number of rotatable bonds is 26. The van der Waals surface area contributed by atoms with Crippen molar-refractivity contribution in [1.82, 2.24) is 25.1 Å². The quantitative estimate of drug-likeness (QED) is 0.0140. The van der Waals surface area contributed by atoms with Crippen LogP contribution in [0.4, 0.5) is 0 Å². The van der Waals surface area contributed by atoms with Gasteiger partial charge in [-0.05, 0) is 214 Å². The Balaban J connectivity index is 0.000000242. The maximum Gasteiger partial charge on any atom is 0.218 e. The Labute approximate surface area is 572 Å². The van der Waals surface area contributed by atoms with Gasteiger partial charge in [0, 0.05) is 108 Å². The number of aryl methyl sites for hydroxylation is 2. The number of thiazole rings is 2. The molecule has 3 aromatic heterocycles. The highest BCUT2D eigenvalue weighted by molar-refractivity contribution is 7.13. The Morgan fingerprint density at radius 3 is 1.21 bits per heavy atom. The Kier molecular flexibility index (Phi) is 29.5. The predicted molar refractivity (Wildman–Crippen MR) is 400 cm³/mol. The van der Waals surface area contributed by atoms with Crippen LogP contribution in [0.5, 0.6) is 0 Å². The molecule has 9 aromatic rings. The number of nitrogens with zero attached hydrogens (tertiary/aromatic N) is 7. The number of aromatic nitrogens is 4. The molecule has 0 unspecified atom stereocenters. The van der Waals surface area contributed by atoms with Crippen LogP contribution in [0, 0.1) is 34.5 Å². The summed E-state index contributed by atoms with van der Waals surface area (Å²) in [5, 5.41) is 28.1. The van der Waals surface area contributed by atoms with E-state index in [2.05, 4.69) is 151 Å². The molecule has 0 aliphatic carbocycles. The molecule has 498 valence electrons. The maximum absolute atomic E-state index is 7.57. The zero-order valence-corrected chi connectivity index (χ0v) is 56.5. The van der Waals surface area contributed by atoms with Gasteiger partial charge >= 0.3 is 0 Å². The minimum absolute atomic E-state index is 0.0730. The summed E-state index contributed by atoms with van der Waals surface area (Å²) in [5.74, 6) is 14.6. The topological polar surface area (TPSA) is 401 Å². The number of benzene rings is 6. The molecule has 0 saturated carbocycles. The molecule has 3 heterocycles. The summed E-state index contributed by atoms with van der Waals surface area (Å²) in [6, 6.07) is 43.9. The van der Waals surface area contributed by atoms with Gasteiger partial charge < -0.3 is 62.7 Å². The highest BCUT2D eigenvalue weighted by Crippen LogP contribution is 2.33. The fourth-order valence-electron chi connectivity index (χ4n) is 10.5. The number of amidine groups is 2. The molecule has 0 amide bonds. The SMILES string of the molecule is CN=C(NC)n1cccn1.N=C(N)CCCc1cc(C#Cc2cccc(-c3nc(-c4cc(CCCC(=N)N)cc(CCN=C(N)N)c4)cs3)c2)cc(CCN=C(N)N)c1.NCCc1cc(C#Cc2cccc(-c3nc(-c4cc(CCN)cc(CCN)c4)cs3)c2)cc(CCN)c1. The molecule has 0 fully saturated rings. The van der Waals surface area contributed by atoms with Crippen LogP contribution in [-0.4, -0.2) is 103 Å². The predicted octanol–water partition coefficient (Wildman–Crippen LogP) is 7.84. The van der Waals surface area contributed by atoms with Crippen LogP contribution in [0.25, 0.3) is 43.7 Å². The molecule has 22 heteroatoms. The number of nitrogens with two attached hydrogens (primary N) is 10. The smallest absolute Gasteiger partial charge is 0.218 e. The van der Waals surface area contributed by atoms with Gasteiger partial charge in [-0.15, -0.1) is 22.7 Å². The van der Waals surface area contributed by atoms with E-state index in [1.165, 1.54) is 22.3 Å². The Bertz CT molecular complexity index is 4170. The van der Waals surface area contributed by atoms with Gasteiger partial charge in [0.1, 0.15) is 10.0 Å². The van der Waals surface area contributed by atoms with E-state index in [-0.39, 0.29) is 23.6 Å². The molecule has 6 aromatic carbocycles. The molecule has 0 atom stereocenters. The second-order valence-electron chi connectivity index (χ2n) is 22.7. The Morgan fingerprint density at radius 2 is 0.844 bits per heavy atom. The van der Waals surface area contributed by atoms with Gasteiger partial charge in [-0.3, -0.25) is 25.8 Å². The van der Waals surface area contributed by atoms with Crippen molar-refractivity contribution in [1.29, 1.82) is 10.8 Å². The molecule has 96 heavy (non-hydrogen) atoms. The standard InChI is InChI=1S/C37H45N11S.C31H35N5S.C6H10N4/c38-33(39)8-2-5-25-16-27(19-28(17-25)12-14-46-36(42)43)11-10-24-4-1-7-30(20-24)35-48-32(23-49-35)31-21-26(6-3-9-34(40)41)18-29(22-31)13-15-47-37(44)45;32-10-6-24-14-23(15-25(16-24)7-11-33)5-4-22-2-1-3-28(18-22)31-36-30(21-37-31)29-19-26(8-12-34)17-27(20-29)9-13-35;1-7-6(8-2)10-5-3-4-9-10/h1,4,7,16-23H,2-3,5-6,8-9,12-15H2,(H3,38,39)(H3,40,41)(H4,42,43,46)(H4,44,45,47);1-3,14-21H,6-13,32-35H2;3-5H,1-2H3,(H,7,8). The van der Waals surface area contributed by atoms with E-state index in [4.69, 9.17) is 78.1 Å². The number of aliphatic imine (C=N–C) groups is 3. The monoisotopic (exact) mass is 1320 g/mol. The van der Waals surface area contributed by atoms with Gasteiger partial charge in [-0.1, -0.05) is 72.2 Å². The molecule has 9 rings (SSSR count). The summed E-state index contributed by atoms with van der Waals surface area (Å²) in [4.78, 5) is 22.2. The second kappa shape index (κ2) is 38.8. The molecule has 0 spiro atoms. The zero-order chi connectivity index (χ0) is 68.6. The number of guanidine groups is 2. The summed E-state index contributed by atoms with van der Waals surface area (Å²) in [7, 11) is 3.53. The van der Waals surface area contributed by atoms with Crippen LogP contribution in [0.1, 0.15) is 92.4 Å². The van der Waals surface area contributed by atoms with Crippen molar-refractivity contribution in [3.63, 3.8) is 0 Å². The molecule has 0 radical (unpaired) electrons. The number of hydrogen-bond acceptors (Lipinski definition) is 14. The van der Waals surface area contributed by atoms with Crippen molar-refractivity contribution in [2.45, 2.75) is 77.0 Å². The average molecular weight is 1320 g/mol. The lowest BCUT2D eigenvalue weighted by atomic mass is 9.98. The fraction of sp³-hybridized carbons (Fsp3) is 0.270. The molecular formula is C74H90N20S2. The van der Waals surface area contributed by atoms with Crippen LogP contribution in [0.2, 0.25) is 0 Å². The highest BCUT2D eigenvalue weighted by atomic mass is 32.1. The van der Waals surface area contributed by atoms with Gasteiger partial charge in [0.15, 0.2) is 11.9 Å². The normalized spacial score (nSPS) is 10.8. The molecule has 0 aliphatic heterocycles. The van der Waals surface area contributed by atoms with Gasteiger partial charge in [0.05, 0.1) is 23.1 Å². The average Bonchev–Trinajstić information content (AvgIpc) is 1.67. The number of nitrogens with one attached hydrogen (secondary N) is 3. The lowest BCUT2D eigenvalue weighted by Gasteiger charge is -2.09. The summed E-state index contributed by atoms with van der Waals surface area (Å²) in [5.41, 5.74) is 75.6.